The molecule has 287 valence electrons. The van der Waals surface area contributed by atoms with Gasteiger partial charge >= 0.3 is 12.1 Å². The smallest absolute Gasteiger partial charge is 0.409 e. The first-order chi connectivity index (χ1) is 26.6. The number of aromatic nitrogens is 2. The lowest BCUT2D eigenvalue weighted by atomic mass is 10.1. The topological polar surface area (TPSA) is 166 Å². The van der Waals surface area contributed by atoms with Crippen molar-refractivity contribution in [2.75, 3.05) is 20.2 Å². The minimum Gasteiger partial charge on any atom is -0.497 e. The van der Waals surface area contributed by atoms with Gasteiger partial charge in [0.15, 0.2) is 0 Å². The van der Waals surface area contributed by atoms with E-state index in [2.05, 4.69) is 31.5 Å². The molecule has 2 aromatic heterocycles. The third kappa shape index (κ3) is 8.44. The van der Waals surface area contributed by atoms with Gasteiger partial charge in [-0.2, -0.15) is 0 Å². The number of carbonyl (C=O) groups is 3. The van der Waals surface area contributed by atoms with Crippen molar-refractivity contribution >= 4 is 46.6 Å². The number of hydrogen-bond donors (Lipinski definition) is 2. The second-order valence-electron chi connectivity index (χ2n) is 14.7. The summed E-state index contributed by atoms with van der Waals surface area (Å²) in [5.41, 5.74) is 7.14. The van der Waals surface area contributed by atoms with Gasteiger partial charge < -0.3 is 35.1 Å². The summed E-state index contributed by atoms with van der Waals surface area (Å²) in [7, 11) is 1.60. The summed E-state index contributed by atoms with van der Waals surface area (Å²) in [5, 5.41) is 6.50. The summed E-state index contributed by atoms with van der Waals surface area (Å²) >= 11 is 1.51. The van der Waals surface area contributed by atoms with Gasteiger partial charge in [-0.15, -0.1) is 11.3 Å². The van der Waals surface area contributed by atoms with Gasteiger partial charge in [-0.25, -0.2) is 19.6 Å². The molecule has 4 atom stereocenters. The first-order valence-corrected chi connectivity index (χ1v) is 19.5. The van der Waals surface area contributed by atoms with E-state index in [9.17, 15) is 19.2 Å². The van der Waals surface area contributed by atoms with E-state index in [0.29, 0.717) is 41.4 Å². The zero-order valence-electron chi connectivity index (χ0n) is 31.2. The fourth-order valence-electron chi connectivity index (χ4n) is 7.24. The van der Waals surface area contributed by atoms with Gasteiger partial charge in [0.2, 0.25) is 12.2 Å². The van der Waals surface area contributed by atoms with Crippen LogP contribution in [-0.4, -0.2) is 82.0 Å². The quantitative estimate of drug-likeness (QED) is 0.181. The van der Waals surface area contributed by atoms with E-state index in [4.69, 9.17) is 29.9 Å². The molecular formula is C41H45N6O7S. The molecule has 4 amide bonds. The van der Waals surface area contributed by atoms with Crippen LogP contribution < -0.4 is 25.3 Å². The third-order valence-electron chi connectivity index (χ3n) is 10.4. The van der Waals surface area contributed by atoms with E-state index in [1.54, 1.807) is 41.2 Å². The molecular weight excluding hydrogens is 721 g/mol. The highest BCUT2D eigenvalue weighted by molar-refractivity contribution is 7.13. The lowest BCUT2D eigenvalue weighted by Gasteiger charge is -2.32. The molecule has 2 fully saturated rings. The van der Waals surface area contributed by atoms with Crippen LogP contribution in [0.4, 0.5) is 9.59 Å². The van der Waals surface area contributed by atoms with Crippen molar-refractivity contribution < 1.29 is 33.4 Å². The van der Waals surface area contributed by atoms with E-state index < -0.39 is 29.7 Å². The molecule has 0 bridgehead atoms. The van der Waals surface area contributed by atoms with E-state index >= 15 is 0 Å². The molecule has 4 unspecified atom stereocenters. The molecule has 1 radical (unpaired) electrons. The van der Waals surface area contributed by atoms with E-state index in [1.807, 2.05) is 35.7 Å². The van der Waals surface area contributed by atoms with Crippen molar-refractivity contribution in [3.8, 4) is 28.0 Å². The highest BCUT2D eigenvalue weighted by atomic mass is 32.1. The van der Waals surface area contributed by atoms with Crippen molar-refractivity contribution in [3.63, 3.8) is 0 Å². The van der Waals surface area contributed by atoms with E-state index in [-0.39, 0.29) is 37.4 Å². The van der Waals surface area contributed by atoms with Crippen LogP contribution >= 0.6 is 11.3 Å². The number of urea groups is 1. The van der Waals surface area contributed by atoms with Crippen molar-refractivity contribution in [1.29, 1.82) is 0 Å². The molecule has 1 saturated carbocycles. The van der Waals surface area contributed by atoms with Gasteiger partial charge in [-0.1, -0.05) is 44.6 Å². The number of amides is 4. The summed E-state index contributed by atoms with van der Waals surface area (Å²) in [6, 6.07) is 13.0. The second-order valence-corrected chi connectivity index (χ2v) is 15.5. The van der Waals surface area contributed by atoms with Crippen LogP contribution in [0.5, 0.6) is 17.2 Å². The highest BCUT2D eigenvalue weighted by Gasteiger charge is 2.56. The minimum absolute atomic E-state index is 0.129. The largest absolute Gasteiger partial charge is 0.497 e. The molecule has 2 aliphatic heterocycles. The number of primary amides is 1. The Bertz CT molecular complexity index is 2100. The zero-order valence-corrected chi connectivity index (χ0v) is 32.0. The SMILES string of the molecule is COc1ccc2c(OC3CC4C(=O)NC5([C]=O)CC5/C=C/CCCCCN(Cc5ccc(OC(N)=O)cc5)C(=O)N4C3)cc(-c3nc(C(C)C)cs3)nc2c1. The maximum Gasteiger partial charge on any atom is 0.409 e. The number of fused-ring (bicyclic) bond motifs is 3. The number of thiazole rings is 1. The van der Waals surface area contributed by atoms with Crippen molar-refractivity contribution in [1.82, 2.24) is 25.1 Å². The average Bonchev–Trinajstić information content (AvgIpc) is 3.46. The number of ether oxygens (including phenoxy) is 3. The number of hydrogen-bond acceptors (Lipinski definition) is 10. The van der Waals surface area contributed by atoms with Crippen LogP contribution in [0.2, 0.25) is 0 Å². The normalized spacial score (nSPS) is 23.6. The summed E-state index contributed by atoms with van der Waals surface area (Å²) in [6.45, 7) is 5.03. The van der Waals surface area contributed by atoms with Crippen LogP contribution in [0.15, 0.2) is 66.1 Å². The van der Waals surface area contributed by atoms with Gasteiger partial charge in [-0.3, -0.25) is 9.59 Å². The molecule has 55 heavy (non-hydrogen) atoms. The highest BCUT2D eigenvalue weighted by Crippen LogP contribution is 2.44. The van der Waals surface area contributed by atoms with Gasteiger partial charge in [0, 0.05) is 48.3 Å². The molecule has 2 aromatic carbocycles. The summed E-state index contributed by atoms with van der Waals surface area (Å²) < 4.78 is 17.3. The van der Waals surface area contributed by atoms with Crippen LogP contribution in [0.25, 0.3) is 21.6 Å². The predicted molar refractivity (Wildman–Crippen MR) is 208 cm³/mol. The molecule has 3 N–H and O–H groups in total. The van der Waals surface area contributed by atoms with Crippen molar-refractivity contribution in [2.45, 2.75) is 82.5 Å². The van der Waals surface area contributed by atoms with Gasteiger partial charge in [0.05, 0.1) is 24.9 Å². The number of methoxy groups -OCH3 is 1. The average molecular weight is 766 g/mol. The monoisotopic (exact) mass is 765 g/mol. The van der Waals surface area contributed by atoms with Crippen LogP contribution in [-0.2, 0) is 16.1 Å². The Morgan fingerprint density at radius 1 is 1.09 bits per heavy atom. The lowest BCUT2D eigenvalue weighted by molar-refractivity contribution is -0.125. The van der Waals surface area contributed by atoms with Crippen LogP contribution in [0.1, 0.15) is 69.5 Å². The Morgan fingerprint density at radius 3 is 2.62 bits per heavy atom. The van der Waals surface area contributed by atoms with Gasteiger partial charge in [0.25, 0.3) is 0 Å². The third-order valence-corrected chi connectivity index (χ3v) is 11.3. The zero-order chi connectivity index (χ0) is 38.7. The second kappa shape index (κ2) is 16.1. The minimum atomic E-state index is -1.12. The summed E-state index contributed by atoms with van der Waals surface area (Å²) in [5.74, 6) is 1.17. The maximum atomic E-state index is 14.7. The summed E-state index contributed by atoms with van der Waals surface area (Å²) in [4.78, 5) is 65.4. The van der Waals surface area contributed by atoms with Crippen molar-refractivity contribution in [2.24, 2.45) is 11.7 Å². The molecule has 4 aromatic rings. The molecule has 4 heterocycles. The number of carbonyl (C=O) groups excluding carboxylic acids is 4. The first-order valence-electron chi connectivity index (χ1n) is 18.7. The number of pyridine rings is 1. The first kappa shape index (κ1) is 37.8. The Hall–Kier alpha value is -5.50. The molecule has 13 nitrogen and oxygen atoms in total. The fraction of sp³-hybridized carbons (Fsp3) is 0.415. The van der Waals surface area contributed by atoms with Crippen molar-refractivity contribution in [3.05, 3.63) is 77.3 Å². The molecule has 1 aliphatic carbocycles. The maximum absolute atomic E-state index is 14.7. The Labute approximate surface area is 323 Å². The Balaban J connectivity index is 1.21. The van der Waals surface area contributed by atoms with Crippen LogP contribution in [0, 0.1) is 5.92 Å². The number of nitrogens with one attached hydrogen (secondary N) is 1. The van der Waals surface area contributed by atoms with E-state index in [0.717, 1.165) is 47.3 Å². The fourth-order valence-corrected chi connectivity index (χ4v) is 8.18. The number of nitrogens with two attached hydrogens (primary N) is 1. The molecule has 3 aliphatic rings. The van der Waals surface area contributed by atoms with Crippen LogP contribution in [0.3, 0.4) is 0 Å². The molecule has 14 heteroatoms. The summed E-state index contributed by atoms with van der Waals surface area (Å²) in [6.07, 6.45) is 8.75. The number of rotatable bonds is 9. The number of benzene rings is 2. The Kier molecular flexibility index (Phi) is 11.0. The Morgan fingerprint density at radius 2 is 1.89 bits per heavy atom. The van der Waals surface area contributed by atoms with E-state index in [1.165, 1.54) is 11.3 Å². The molecule has 1 saturated heterocycles. The predicted octanol–water partition coefficient (Wildman–Crippen LogP) is 6.51. The lowest BCUT2D eigenvalue weighted by Crippen LogP contribution is -2.53. The van der Waals surface area contributed by atoms with Gasteiger partial charge in [0.1, 0.15) is 45.6 Å². The molecule has 7 rings (SSSR count). The van der Waals surface area contributed by atoms with Gasteiger partial charge in [-0.05, 0) is 61.4 Å². The number of nitrogens with zero attached hydrogens (tertiary/aromatic N) is 4. The standard InChI is InChI=1S/C41H45N6O7S/c1-25(2)34-23-55-38(44-34)33-19-36(31-15-14-29(52-3)17-32(31)43-33)53-30-18-35-37(49)45-41(24-48)20-27(41)9-7-5-4-6-8-16-46(40(51)47(35)22-30)21-26-10-12-28(13-11-26)54-39(42)50/h7,9-15,17,19,23,25,27,30,35H,4-6,8,16,18,20-22H2,1-3H3,(H2,42,50)(H,45,49)/b9-7+. The number of allylic oxidation sites excluding steroid dienone is 1. The molecule has 0 spiro atoms.